The van der Waals surface area contributed by atoms with Crippen molar-refractivity contribution in [2.45, 2.75) is 46.1 Å². The number of hydrogen-bond donors (Lipinski definition) is 2. The van der Waals surface area contributed by atoms with Crippen LogP contribution < -0.4 is 10.6 Å². The monoisotopic (exact) mass is 527 g/mol. The fraction of sp³-hybridized carbons (Fsp3) is 0.429. The zero-order chi connectivity index (χ0) is 27.3. The lowest BCUT2D eigenvalue weighted by molar-refractivity contribution is -0.127. The molecule has 2 aliphatic rings. The maximum absolute atomic E-state index is 13.2. The van der Waals surface area contributed by atoms with Gasteiger partial charge in [-0.15, -0.1) is 0 Å². The Morgan fingerprint density at radius 1 is 1.03 bits per heavy atom. The van der Waals surface area contributed by atoms with Gasteiger partial charge in [-0.25, -0.2) is 4.52 Å². The van der Waals surface area contributed by atoms with Crippen molar-refractivity contribution in [2.24, 2.45) is 18.4 Å². The van der Waals surface area contributed by atoms with Crippen LogP contribution in [0.5, 0.6) is 0 Å². The van der Waals surface area contributed by atoms with Crippen molar-refractivity contribution in [1.29, 1.82) is 0 Å². The first kappa shape index (κ1) is 25.2. The first-order valence-corrected chi connectivity index (χ1v) is 13.3. The Balaban J connectivity index is 1.12. The van der Waals surface area contributed by atoms with E-state index in [9.17, 15) is 9.59 Å². The van der Waals surface area contributed by atoms with Crippen molar-refractivity contribution in [3.05, 3.63) is 54.5 Å². The molecule has 0 bridgehead atoms. The summed E-state index contributed by atoms with van der Waals surface area (Å²) in [5.74, 6) is -0.380. The van der Waals surface area contributed by atoms with Gasteiger partial charge in [-0.2, -0.15) is 10.2 Å². The third kappa shape index (κ3) is 4.78. The number of carbonyl (C=O) groups excluding carboxylic acids is 2. The average Bonchev–Trinajstić information content (AvgIpc) is 3.58. The van der Waals surface area contributed by atoms with E-state index >= 15 is 0 Å². The smallest absolute Gasteiger partial charge is 0.259 e. The number of likely N-dealkylation sites (tertiary alicyclic amines) is 1. The number of carbonyl (C=O) groups is 2. The summed E-state index contributed by atoms with van der Waals surface area (Å²) in [4.78, 5) is 37.4. The highest BCUT2D eigenvalue weighted by molar-refractivity contribution is 6.09. The highest BCUT2D eigenvalue weighted by Gasteiger charge is 2.44. The van der Waals surface area contributed by atoms with Crippen molar-refractivity contribution in [1.82, 2.24) is 34.3 Å². The summed E-state index contributed by atoms with van der Waals surface area (Å²) < 4.78 is 3.33. The van der Waals surface area contributed by atoms with Crippen molar-refractivity contribution < 1.29 is 9.59 Å². The van der Waals surface area contributed by atoms with E-state index in [1.807, 2.05) is 20.2 Å². The molecule has 1 aliphatic carbocycles. The minimum Gasteiger partial charge on any atom is -0.324 e. The van der Waals surface area contributed by atoms with Crippen LogP contribution in [0.25, 0.3) is 16.8 Å². The summed E-state index contributed by atoms with van der Waals surface area (Å²) in [7, 11) is 1.84. The normalized spacial score (nSPS) is 19.2. The Bertz CT molecular complexity index is 1560. The zero-order valence-electron chi connectivity index (χ0n) is 22.7. The molecular weight excluding hydrogens is 494 g/mol. The molecule has 39 heavy (non-hydrogen) atoms. The van der Waals surface area contributed by atoms with E-state index < -0.39 is 0 Å². The molecule has 1 atom stereocenters. The quantitative estimate of drug-likeness (QED) is 0.393. The molecule has 0 spiro atoms. The zero-order valence-corrected chi connectivity index (χ0v) is 22.7. The molecule has 0 aromatic carbocycles. The van der Waals surface area contributed by atoms with Crippen molar-refractivity contribution in [3.8, 4) is 11.3 Å². The van der Waals surface area contributed by atoms with Crippen LogP contribution in [0.1, 0.15) is 49.2 Å². The second kappa shape index (κ2) is 9.57. The van der Waals surface area contributed by atoms with Gasteiger partial charge < -0.3 is 10.6 Å². The summed E-state index contributed by atoms with van der Waals surface area (Å²) in [6.45, 7) is 8.04. The second-order valence-electron chi connectivity index (χ2n) is 11.4. The topological polar surface area (TPSA) is 122 Å². The third-order valence-corrected chi connectivity index (χ3v) is 8.17. The highest BCUT2D eigenvalue weighted by atomic mass is 16.2. The second-order valence-corrected chi connectivity index (χ2v) is 11.4. The van der Waals surface area contributed by atoms with Gasteiger partial charge in [-0.05, 0) is 31.2 Å². The first-order chi connectivity index (χ1) is 18.7. The van der Waals surface area contributed by atoms with E-state index in [1.54, 1.807) is 40.1 Å². The molecule has 4 aromatic rings. The standard InChI is InChI=1S/C28H33N9O2/c1-17-22(8-20(10-29-17)33-26(38)19-14-36(15-19)25-6-5-7-28(25,2)3)34-27(39)21-11-32-37-16-23(30-12-24(21)37)18-9-31-35(4)13-18/h8-13,16,19,25H,5-7,14-15H2,1-4H3,(H,33,38)(H,34,39). The largest absolute Gasteiger partial charge is 0.324 e. The minimum atomic E-state index is -0.330. The number of anilines is 2. The van der Waals surface area contributed by atoms with Gasteiger partial charge in [-0.1, -0.05) is 20.3 Å². The third-order valence-electron chi connectivity index (χ3n) is 8.17. The first-order valence-electron chi connectivity index (χ1n) is 13.3. The molecule has 2 amide bonds. The van der Waals surface area contributed by atoms with Gasteiger partial charge >= 0.3 is 0 Å². The molecule has 1 saturated carbocycles. The molecule has 1 aliphatic heterocycles. The lowest BCUT2D eigenvalue weighted by Gasteiger charge is -2.47. The number of nitrogens with one attached hydrogen (secondary N) is 2. The van der Waals surface area contributed by atoms with E-state index in [-0.39, 0.29) is 17.7 Å². The van der Waals surface area contributed by atoms with Crippen molar-refractivity contribution in [2.75, 3.05) is 23.7 Å². The van der Waals surface area contributed by atoms with Gasteiger partial charge in [-0.3, -0.25) is 29.1 Å². The minimum absolute atomic E-state index is 0.0110. The van der Waals surface area contributed by atoms with Gasteiger partial charge in [0.15, 0.2) is 0 Å². The number of pyridine rings is 1. The summed E-state index contributed by atoms with van der Waals surface area (Å²) in [5.41, 5.74) is 4.58. The molecule has 0 radical (unpaired) electrons. The number of nitrogens with zero attached hydrogens (tertiary/aromatic N) is 7. The van der Waals surface area contributed by atoms with E-state index in [0.29, 0.717) is 45.3 Å². The maximum Gasteiger partial charge on any atom is 0.259 e. The Kier molecular flexibility index (Phi) is 6.17. The van der Waals surface area contributed by atoms with Gasteiger partial charge in [0.05, 0.1) is 70.7 Å². The molecule has 1 unspecified atom stereocenters. The molecule has 11 nitrogen and oxygen atoms in total. The molecule has 6 rings (SSSR count). The molecule has 11 heteroatoms. The predicted molar refractivity (Wildman–Crippen MR) is 147 cm³/mol. The molecule has 2 fully saturated rings. The van der Waals surface area contributed by atoms with Crippen LogP contribution in [-0.4, -0.2) is 65.2 Å². The van der Waals surface area contributed by atoms with Gasteiger partial charge in [0, 0.05) is 37.9 Å². The molecule has 5 heterocycles. The van der Waals surface area contributed by atoms with Crippen LogP contribution in [0.2, 0.25) is 0 Å². The maximum atomic E-state index is 13.2. The lowest BCUT2D eigenvalue weighted by atomic mass is 9.83. The average molecular weight is 528 g/mol. The summed E-state index contributed by atoms with van der Waals surface area (Å²) in [5, 5.41) is 14.4. The number of amides is 2. The number of rotatable bonds is 6. The van der Waals surface area contributed by atoms with E-state index in [0.717, 1.165) is 18.7 Å². The van der Waals surface area contributed by atoms with E-state index in [4.69, 9.17) is 0 Å². The van der Waals surface area contributed by atoms with Gasteiger partial charge in [0.2, 0.25) is 5.91 Å². The number of aryl methyl sites for hydroxylation is 2. The van der Waals surface area contributed by atoms with Crippen LogP contribution in [0.4, 0.5) is 11.4 Å². The van der Waals surface area contributed by atoms with E-state index in [2.05, 4.69) is 49.5 Å². The highest BCUT2D eigenvalue weighted by Crippen LogP contribution is 2.42. The molecule has 1 saturated heterocycles. The molecule has 4 aromatic heterocycles. The van der Waals surface area contributed by atoms with Crippen molar-refractivity contribution >= 4 is 28.7 Å². The van der Waals surface area contributed by atoms with Gasteiger partial charge in [0.1, 0.15) is 0 Å². The number of hydrogen-bond acceptors (Lipinski definition) is 7. The van der Waals surface area contributed by atoms with Crippen LogP contribution in [0.3, 0.4) is 0 Å². The Morgan fingerprint density at radius 2 is 1.85 bits per heavy atom. The number of aromatic nitrogens is 6. The Hall–Kier alpha value is -4.12. The van der Waals surface area contributed by atoms with Crippen molar-refractivity contribution in [3.63, 3.8) is 0 Å². The summed E-state index contributed by atoms with van der Waals surface area (Å²) >= 11 is 0. The van der Waals surface area contributed by atoms with Gasteiger partial charge in [0.25, 0.3) is 5.91 Å². The van der Waals surface area contributed by atoms with Crippen LogP contribution in [0, 0.1) is 18.3 Å². The SMILES string of the molecule is Cc1ncc(NC(=O)C2CN(C3CCCC3(C)C)C2)cc1NC(=O)c1cnn2cc(-c3cnn(C)c3)ncc12. The fourth-order valence-electron chi connectivity index (χ4n) is 5.84. The lowest BCUT2D eigenvalue weighted by Crippen LogP contribution is -2.58. The summed E-state index contributed by atoms with van der Waals surface area (Å²) in [6, 6.07) is 2.31. The number of fused-ring (bicyclic) bond motifs is 1. The molecular formula is C28H33N9O2. The molecule has 2 N–H and O–H groups in total. The predicted octanol–water partition coefficient (Wildman–Crippen LogP) is 3.53. The Morgan fingerprint density at radius 3 is 2.56 bits per heavy atom. The fourth-order valence-corrected chi connectivity index (χ4v) is 5.84. The van der Waals surface area contributed by atoms with Crippen LogP contribution >= 0.6 is 0 Å². The summed E-state index contributed by atoms with van der Waals surface area (Å²) in [6.07, 6.45) is 13.8. The van der Waals surface area contributed by atoms with Crippen LogP contribution in [0.15, 0.2) is 43.2 Å². The van der Waals surface area contributed by atoms with Crippen LogP contribution in [-0.2, 0) is 11.8 Å². The van der Waals surface area contributed by atoms with E-state index in [1.165, 1.54) is 25.5 Å². The molecule has 202 valence electrons. The Labute approximate surface area is 226 Å².